The molecule has 0 aromatic heterocycles. The van der Waals surface area contributed by atoms with Crippen LogP contribution < -0.4 is 14.2 Å². The fraction of sp³-hybridized carbons (Fsp3) is 0.444. The van der Waals surface area contributed by atoms with Gasteiger partial charge in [-0.1, -0.05) is 0 Å². The number of esters is 2. The summed E-state index contributed by atoms with van der Waals surface area (Å²) in [4.78, 5) is 24.0. The molecule has 0 fully saturated rings. The molecule has 25 heavy (non-hydrogen) atoms. The lowest BCUT2D eigenvalue weighted by molar-refractivity contribution is -0.145. The van der Waals surface area contributed by atoms with Gasteiger partial charge in [0.05, 0.1) is 41.0 Å². The molecule has 7 nitrogen and oxygen atoms in total. The second-order valence-electron chi connectivity index (χ2n) is 4.82. The third-order valence-corrected chi connectivity index (χ3v) is 3.24. The molecule has 1 aromatic rings. The molecule has 0 heterocycles. The van der Waals surface area contributed by atoms with Gasteiger partial charge >= 0.3 is 11.9 Å². The van der Waals surface area contributed by atoms with Gasteiger partial charge in [-0.3, -0.25) is 4.79 Å². The summed E-state index contributed by atoms with van der Waals surface area (Å²) < 4.78 is 25.8. The fourth-order valence-corrected chi connectivity index (χ4v) is 2.13. The van der Waals surface area contributed by atoms with Crippen LogP contribution in [0.2, 0.25) is 0 Å². The van der Waals surface area contributed by atoms with Gasteiger partial charge in [-0.25, -0.2) is 4.79 Å². The molecular formula is C18H24O7. The maximum Gasteiger partial charge on any atom is 0.334 e. The van der Waals surface area contributed by atoms with Crippen LogP contribution in [0, 0.1) is 0 Å². The summed E-state index contributed by atoms with van der Waals surface area (Å²) >= 11 is 0. The van der Waals surface area contributed by atoms with Crippen molar-refractivity contribution < 1.29 is 33.3 Å². The summed E-state index contributed by atoms with van der Waals surface area (Å²) in [5, 5.41) is 0. The Morgan fingerprint density at radius 2 is 1.44 bits per heavy atom. The van der Waals surface area contributed by atoms with Gasteiger partial charge in [-0.2, -0.15) is 0 Å². The highest BCUT2D eigenvalue weighted by molar-refractivity contribution is 5.98. The van der Waals surface area contributed by atoms with E-state index in [4.69, 9.17) is 23.7 Å². The van der Waals surface area contributed by atoms with Gasteiger partial charge in [0.1, 0.15) is 5.75 Å². The first kappa shape index (κ1) is 20.3. The minimum Gasteiger partial charge on any atom is -0.496 e. The van der Waals surface area contributed by atoms with E-state index in [1.54, 1.807) is 26.0 Å². The first-order valence-electron chi connectivity index (χ1n) is 7.83. The molecule has 0 saturated heterocycles. The molecule has 0 N–H and O–H groups in total. The average molecular weight is 352 g/mol. The zero-order valence-corrected chi connectivity index (χ0v) is 15.2. The molecule has 1 aromatic carbocycles. The molecule has 0 saturated carbocycles. The van der Waals surface area contributed by atoms with Crippen LogP contribution in [0.15, 0.2) is 17.7 Å². The molecule has 0 radical (unpaired) electrons. The van der Waals surface area contributed by atoms with Crippen molar-refractivity contribution in [2.24, 2.45) is 0 Å². The molecule has 0 spiro atoms. The van der Waals surface area contributed by atoms with Gasteiger partial charge in [0.25, 0.3) is 0 Å². The predicted molar refractivity (Wildman–Crippen MR) is 92.0 cm³/mol. The van der Waals surface area contributed by atoms with Crippen molar-refractivity contribution >= 4 is 18.0 Å². The van der Waals surface area contributed by atoms with E-state index in [0.717, 1.165) is 0 Å². The van der Waals surface area contributed by atoms with Crippen LogP contribution in [-0.4, -0.2) is 46.5 Å². The topological polar surface area (TPSA) is 80.3 Å². The Morgan fingerprint density at radius 1 is 0.880 bits per heavy atom. The molecule has 0 atom stereocenters. The average Bonchev–Trinajstić information content (AvgIpc) is 2.60. The van der Waals surface area contributed by atoms with E-state index in [2.05, 4.69) is 0 Å². The van der Waals surface area contributed by atoms with Gasteiger partial charge in [0.2, 0.25) is 0 Å². The minimum absolute atomic E-state index is 0.158. The van der Waals surface area contributed by atoms with Gasteiger partial charge in [-0.15, -0.1) is 0 Å². The Balaban J connectivity index is 3.34. The van der Waals surface area contributed by atoms with Crippen molar-refractivity contribution in [1.29, 1.82) is 0 Å². The maximum absolute atomic E-state index is 12.2. The Morgan fingerprint density at radius 3 is 1.96 bits per heavy atom. The first-order valence-corrected chi connectivity index (χ1v) is 7.83. The number of ether oxygens (including phenoxy) is 5. The summed E-state index contributed by atoms with van der Waals surface area (Å²) in [7, 11) is 4.51. The molecule has 0 unspecified atom stereocenters. The number of hydrogen-bond acceptors (Lipinski definition) is 7. The smallest absolute Gasteiger partial charge is 0.334 e. The first-order chi connectivity index (χ1) is 12.0. The van der Waals surface area contributed by atoms with E-state index in [1.165, 1.54) is 27.4 Å². The summed E-state index contributed by atoms with van der Waals surface area (Å²) in [6, 6.07) is 3.29. The summed E-state index contributed by atoms with van der Waals surface area (Å²) in [6.45, 7) is 3.82. The molecule has 0 aliphatic rings. The molecule has 0 aliphatic heterocycles. The molecular weight excluding hydrogens is 328 g/mol. The lowest BCUT2D eigenvalue weighted by Gasteiger charge is -2.13. The van der Waals surface area contributed by atoms with E-state index < -0.39 is 11.9 Å². The minimum atomic E-state index is -0.590. The number of methoxy groups -OCH3 is 3. The SMILES string of the molecule is CCOC(=O)C/C(=C\c1cc(OC)c(OC)cc1OC)C(=O)OCC. The lowest BCUT2D eigenvalue weighted by Crippen LogP contribution is -2.13. The number of benzene rings is 1. The second-order valence-corrected chi connectivity index (χ2v) is 4.82. The van der Waals surface area contributed by atoms with Crippen molar-refractivity contribution in [2.45, 2.75) is 20.3 Å². The molecule has 7 heteroatoms. The second kappa shape index (κ2) is 10.2. The molecule has 0 aliphatic carbocycles. The van der Waals surface area contributed by atoms with Crippen LogP contribution in [0.25, 0.3) is 6.08 Å². The monoisotopic (exact) mass is 352 g/mol. The molecule has 0 bridgehead atoms. The Hall–Kier alpha value is -2.70. The zero-order chi connectivity index (χ0) is 18.8. The van der Waals surface area contributed by atoms with Crippen molar-refractivity contribution in [3.05, 3.63) is 23.3 Å². The molecule has 0 amide bonds. The van der Waals surface area contributed by atoms with Crippen LogP contribution in [0.3, 0.4) is 0 Å². The van der Waals surface area contributed by atoms with E-state index in [1.807, 2.05) is 0 Å². The van der Waals surface area contributed by atoms with Crippen molar-refractivity contribution in [3.8, 4) is 17.2 Å². The van der Waals surface area contributed by atoms with E-state index >= 15 is 0 Å². The third-order valence-electron chi connectivity index (χ3n) is 3.24. The van der Waals surface area contributed by atoms with Gasteiger partial charge in [0.15, 0.2) is 11.5 Å². The maximum atomic E-state index is 12.2. The highest BCUT2D eigenvalue weighted by Crippen LogP contribution is 2.36. The van der Waals surface area contributed by atoms with Crippen molar-refractivity contribution in [1.82, 2.24) is 0 Å². The zero-order valence-electron chi connectivity index (χ0n) is 15.2. The van der Waals surface area contributed by atoms with E-state index in [9.17, 15) is 9.59 Å². The summed E-state index contributed by atoms with van der Waals surface area (Å²) in [5.41, 5.74) is 0.707. The Kier molecular flexibility index (Phi) is 8.32. The van der Waals surface area contributed by atoms with Gasteiger partial charge in [0, 0.05) is 17.2 Å². The van der Waals surface area contributed by atoms with E-state index in [-0.39, 0.29) is 25.2 Å². The fourth-order valence-electron chi connectivity index (χ4n) is 2.13. The van der Waals surface area contributed by atoms with Crippen LogP contribution in [0.1, 0.15) is 25.8 Å². The Bertz CT molecular complexity index is 635. The van der Waals surface area contributed by atoms with Crippen LogP contribution in [0.5, 0.6) is 17.2 Å². The summed E-state index contributed by atoms with van der Waals surface area (Å²) in [5.74, 6) is 0.311. The number of rotatable bonds is 9. The van der Waals surface area contributed by atoms with Gasteiger partial charge in [-0.05, 0) is 26.0 Å². The highest BCUT2D eigenvalue weighted by Gasteiger charge is 2.18. The predicted octanol–water partition coefficient (Wildman–Crippen LogP) is 2.61. The Labute approximate surface area is 147 Å². The van der Waals surface area contributed by atoms with Crippen LogP contribution in [-0.2, 0) is 19.1 Å². The van der Waals surface area contributed by atoms with Crippen LogP contribution >= 0.6 is 0 Å². The lowest BCUT2D eigenvalue weighted by atomic mass is 10.1. The van der Waals surface area contributed by atoms with Gasteiger partial charge < -0.3 is 23.7 Å². The quantitative estimate of drug-likeness (QED) is 0.499. The number of carbonyl (C=O) groups is 2. The third kappa shape index (κ3) is 5.70. The largest absolute Gasteiger partial charge is 0.496 e. The summed E-state index contributed by atoms with van der Waals surface area (Å²) in [6.07, 6.45) is 1.32. The van der Waals surface area contributed by atoms with Crippen molar-refractivity contribution in [3.63, 3.8) is 0 Å². The number of carbonyl (C=O) groups excluding carboxylic acids is 2. The molecule has 1 rings (SSSR count). The standard InChI is InChI=1S/C18H24O7/c1-6-24-17(19)10-13(18(20)25-7-2)8-12-9-15(22-4)16(23-5)11-14(12)21-3/h8-9,11H,6-7,10H2,1-5H3/b13-8+. The molecule has 138 valence electrons. The van der Waals surface area contributed by atoms with E-state index in [0.29, 0.717) is 22.8 Å². The number of hydrogen-bond donors (Lipinski definition) is 0. The normalized spacial score (nSPS) is 10.8. The van der Waals surface area contributed by atoms with Crippen molar-refractivity contribution in [2.75, 3.05) is 34.5 Å². The highest BCUT2D eigenvalue weighted by atomic mass is 16.5. The van der Waals surface area contributed by atoms with Crippen LogP contribution in [0.4, 0.5) is 0 Å².